The Kier molecular flexibility index (Phi) is 5.67. The summed E-state index contributed by atoms with van der Waals surface area (Å²) >= 11 is 11.2. The van der Waals surface area contributed by atoms with Crippen molar-refractivity contribution in [2.45, 2.75) is 26.9 Å². The summed E-state index contributed by atoms with van der Waals surface area (Å²) in [7, 11) is 1.11. The van der Waals surface area contributed by atoms with E-state index in [1.54, 1.807) is 13.8 Å². The number of carboxylic acid groups (broad SMARTS) is 1. The number of hydrogen-bond donors (Lipinski definition) is 1. The lowest BCUT2D eigenvalue weighted by Crippen LogP contribution is -2.26. The van der Waals surface area contributed by atoms with Gasteiger partial charge in [-0.2, -0.15) is 0 Å². The van der Waals surface area contributed by atoms with Crippen LogP contribution in [-0.4, -0.2) is 18.2 Å². The number of benzene rings is 1. The van der Waals surface area contributed by atoms with Gasteiger partial charge in [-0.3, -0.25) is 4.79 Å². The molecule has 1 aliphatic rings. The molecule has 1 aliphatic carbocycles. The Bertz CT molecular complexity index is 762. The van der Waals surface area contributed by atoms with Gasteiger partial charge in [-0.05, 0) is 17.9 Å². The maximum absolute atomic E-state index is 14.4. The predicted octanol–water partition coefficient (Wildman–Crippen LogP) is 4.98. The number of allylic oxidation sites excluding steroid dienone is 1. The van der Waals surface area contributed by atoms with E-state index in [4.69, 9.17) is 23.2 Å². The summed E-state index contributed by atoms with van der Waals surface area (Å²) in [6, 6.07) is 0. The van der Waals surface area contributed by atoms with Crippen LogP contribution in [0.15, 0.2) is 10.6 Å². The summed E-state index contributed by atoms with van der Waals surface area (Å²) in [5.41, 5.74) is -4.58. The third-order valence-corrected chi connectivity index (χ3v) is 5.49. The van der Waals surface area contributed by atoms with Gasteiger partial charge < -0.3 is 9.84 Å². The fraction of sp³-hybridized carbons (Fsp3) is 0.471. The van der Waals surface area contributed by atoms with Crippen LogP contribution >= 0.6 is 23.2 Å². The Morgan fingerprint density at radius 3 is 1.96 bits per heavy atom. The Morgan fingerprint density at radius 2 is 1.58 bits per heavy atom. The Morgan fingerprint density at radius 1 is 1.12 bits per heavy atom. The minimum absolute atomic E-state index is 0.208. The molecule has 26 heavy (non-hydrogen) atoms. The van der Waals surface area contributed by atoms with Crippen molar-refractivity contribution in [3.05, 3.63) is 45.0 Å². The van der Waals surface area contributed by atoms with Crippen molar-refractivity contribution < 1.29 is 32.2 Å². The van der Waals surface area contributed by atoms with Crippen molar-refractivity contribution in [1.82, 2.24) is 0 Å². The molecule has 2 unspecified atom stereocenters. The number of halogens is 6. The highest BCUT2D eigenvalue weighted by Gasteiger charge is 2.75. The SMILES string of the molecule is COCc1c(F)c(F)c(CC2(C(=O)O)C(C=C(Cl)Cl)C2(C)C)c(F)c1F. The number of carbonyl (C=O) groups is 1. The van der Waals surface area contributed by atoms with Gasteiger partial charge in [0.15, 0.2) is 23.3 Å². The Balaban J connectivity index is 2.60. The van der Waals surface area contributed by atoms with Gasteiger partial charge in [0, 0.05) is 18.6 Å². The lowest BCUT2D eigenvalue weighted by Gasteiger charge is -2.18. The number of aliphatic carboxylic acids is 1. The third kappa shape index (κ3) is 3.00. The van der Waals surface area contributed by atoms with Gasteiger partial charge in [0.25, 0.3) is 0 Å². The van der Waals surface area contributed by atoms with Crippen LogP contribution in [0.3, 0.4) is 0 Å². The van der Waals surface area contributed by atoms with E-state index in [0.29, 0.717) is 0 Å². The van der Waals surface area contributed by atoms with E-state index in [2.05, 4.69) is 4.74 Å². The molecule has 1 saturated carbocycles. The quantitative estimate of drug-likeness (QED) is 0.527. The van der Waals surface area contributed by atoms with Gasteiger partial charge in [0.2, 0.25) is 0 Å². The molecule has 0 radical (unpaired) electrons. The zero-order valence-electron chi connectivity index (χ0n) is 14.1. The fourth-order valence-electron chi connectivity index (χ4n) is 3.62. The lowest BCUT2D eigenvalue weighted by molar-refractivity contribution is -0.145. The zero-order chi connectivity index (χ0) is 20.0. The Hall–Kier alpha value is -1.31. The van der Waals surface area contributed by atoms with E-state index < -0.39 is 70.1 Å². The molecule has 144 valence electrons. The molecule has 1 fully saturated rings. The molecule has 2 atom stereocenters. The van der Waals surface area contributed by atoms with Crippen molar-refractivity contribution in [2.24, 2.45) is 16.7 Å². The van der Waals surface area contributed by atoms with Gasteiger partial charge in [0.05, 0.1) is 17.6 Å². The second-order valence-electron chi connectivity index (χ2n) is 6.76. The molecule has 1 aromatic carbocycles. The summed E-state index contributed by atoms with van der Waals surface area (Å²) in [5, 5.41) is 9.68. The van der Waals surface area contributed by atoms with Crippen LogP contribution in [0.5, 0.6) is 0 Å². The molecule has 0 spiro atoms. The molecule has 0 amide bonds. The second kappa shape index (κ2) is 7.02. The van der Waals surface area contributed by atoms with E-state index in [0.717, 1.165) is 7.11 Å². The molecule has 0 bridgehead atoms. The van der Waals surface area contributed by atoms with E-state index in [1.807, 2.05) is 0 Å². The van der Waals surface area contributed by atoms with Gasteiger partial charge in [-0.1, -0.05) is 37.0 Å². The van der Waals surface area contributed by atoms with Crippen molar-refractivity contribution in [3.8, 4) is 0 Å². The fourth-order valence-corrected chi connectivity index (χ4v) is 3.87. The van der Waals surface area contributed by atoms with Crippen LogP contribution in [0, 0.1) is 40.0 Å². The van der Waals surface area contributed by atoms with Gasteiger partial charge >= 0.3 is 5.97 Å². The lowest BCUT2D eigenvalue weighted by atomic mass is 9.87. The molecule has 0 aliphatic heterocycles. The highest BCUT2D eigenvalue weighted by atomic mass is 35.5. The zero-order valence-corrected chi connectivity index (χ0v) is 15.6. The number of ether oxygens (including phenoxy) is 1. The van der Waals surface area contributed by atoms with E-state index in [9.17, 15) is 27.5 Å². The molecule has 1 aromatic rings. The minimum atomic E-state index is -1.72. The molecule has 9 heteroatoms. The molecular weight excluding hydrogens is 399 g/mol. The van der Waals surface area contributed by atoms with Crippen LogP contribution in [-0.2, 0) is 22.6 Å². The van der Waals surface area contributed by atoms with Crippen LogP contribution in [0.2, 0.25) is 0 Å². The average Bonchev–Trinajstić information content (AvgIpc) is 3.01. The van der Waals surface area contributed by atoms with Crippen LogP contribution in [0.1, 0.15) is 25.0 Å². The Labute approximate surface area is 157 Å². The maximum atomic E-state index is 14.4. The van der Waals surface area contributed by atoms with Crippen LogP contribution in [0.25, 0.3) is 0 Å². The molecule has 0 heterocycles. The monoisotopic (exact) mass is 414 g/mol. The van der Waals surface area contributed by atoms with Gasteiger partial charge in [0.1, 0.15) is 4.49 Å². The van der Waals surface area contributed by atoms with Gasteiger partial charge in [-0.15, -0.1) is 0 Å². The van der Waals surface area contributed by atoms with E-state index in [1.165, 1.54) is 6.08 Å². The molecule has 2 rings (SSSR count). The second-order valence-corrected chi connectivity index (χ2v) is 7.76. The van der Waals surface area contributed by atoms with Crippen molar-refractivity contribution in [3.63, 3.8) is 0 Å². The smallest absolute Gasteiger partial charge is 0.311 e. The average molecular weight is 415 g/mol. The first-order chi connectivity index (χ1) is 11.9. The van der Waals surface area contributed by atoms with E-state index >= 15 is 0 Å². The first-order valence-electron chi connectivity index (χ1n) is 7.52. The standard InChI is InChI=1S/C17H16Cl2F4O3/c1-16(2)9(4-10(18)19)17(16,15(24)25)5-7-11(20)13(22)8(6-26-3)14(23)12(7)21/h4,9H,5-6H2,1-3H3,(H,24,25). The number of methoxy groups -OCH3 is 1. The van der Waals surface area contributed by atoms with Crippen molar-refractivity contribution in [2.75, 3.05) is 7.11 Å². The molecule has 1 N–H and O–H groups in total. The topological polar surface area (TPSA) is 46.5 Å². The molecular formula is C17H16Cl2F4O3. The van der Waals surface area contributed by atoms with Crippen molar-refractivity contribution >= 4 is 29.2 Å². The number of rotatable bonds is 6. The minimum Gasteiger partial charge on any atom is -0.481 e. The highest BCUT2D eigenvalue weighted by molar-refractivity contribution is 6.55. The largest absolute Gasteiger partial charge is 0.481 e. The summed E-state index contributed by atoms with van der Waals surface area (Å²) in [4.78, 5) is 11.9. The first kappa shape index (κ1) is 21.0. The summed E-state index contributed by atoms with van der Waals surface area (Å²) in [5.74, 6) is -8.65. The summed E-state index contributed by atoms with van der Waals surface area (Å²) in [6.07, 6.45) is 0.482. The van der Waals surface area contributed by atoms with Crippen molar-refractivity contribution in [1.29, 1.82) is 0 Å². The third-order valence-electron chi connectivity index (χ3n) is 5.24. The number of hydrogen-bond acceptors (Lipinski definition) is 2. The van der Waals surface area contributed by atoms with Crippen LogP contribution in [0.4, 0.5) is 17.6 Å². The summed E-state index contributed by atoms with van der Waals surface area (Å²) in [6.45, 7) is 2.41. The van der Waals surface area contributed by atoms with Gasteiger partial charge in [-0.25, -0.2) is 17.6 Å². The highest BCUT2D eigenvalue weighted by Crippen LogP contribution is 2.71. The first-order valence-corrected chi connectivity index (χ1v) is 8.27. The molecule has 0 aromatic heterocycles. The number of carboxylic acids is 1. The maximum Gasteiger partial charge on any atom is 0.311 e. The summed E-state index contributed by atoms with van der Waals surface area (Å²) < 4.78 is 61.4. The molecule has 0 saturated heterocycles. The molecule has 3 nitrogen and oxygen atoms in total. The van der Waals surface area contributed by atoms with Crippen LogP contribution < -0.4 is 0 Å². The van der Waals surface area contributed by atoms with E-state index in [-0.39, 0.29) is 4.49 Å². The predicted molar refractivity (Wildman–Crippen MR) is 87.8 cm³/mol. The normalized spacial score (nSPS) is 23.7.